The molecular weight excluding hydrogens is 196 g/mol. The molecule has 2 heteroatoms. The van der Waals surface area contributed by atoms with Crippen LogP contribution in [-0.4, -0.2) is 11.5 Å². The number of nitrogens with one attached hydrogen (secondary N) is 1. The van der Waals surface area contributed by atoms with Crippen LogP contribution in [0.3, 0.4) is 0 Å². The summed E-state index contributed by atoms with van der Waals surface area (Å²) in [7, 11) is 0. The molecule has 1 atom stereocenters. The summed E-state index contributed by atoms with van der Waals surface area (Å²) in [5.41, 5.74) is 1.21. The van der Waals surface area contributed by atoms with Crippen LogP contribution in [0.1, 0.15) is 56.7 Å². The fourth-order valence-corrected chi connectivity index (χ4v) is 2.39. The minimum atomic E-state index is 0.472. The van der Waals surface area contributed by atoms with Crippen molar-refractivity contribution in [3.63, 3.8) is 0 Å². The van der Waals surface area contributed by atoms with Crippen LogP contribution in [0.25, 0.3) is 0 Å². The van der Waals surface area contributed by atoms with Crippen molar-refractivity contribution in [2.24, 2.45) is 0 Å². The van der Waals surface area contributed by atoms with E-state index in [0.717, 1.165) is 6.54 Å². The third kappa shape index (κ3) is 3.60. The van der Waals surface area contributed by atoms with Crippen molar-refractivity contribution in [1.29, 1.82) is 0 Å². The lowest BCUT2D eigenvalue weighted by Gasteiger charge is -2.19. The van der Waals surface area contributed by atoms with E-state index in [1.165, 1.54) is 50.6 Å². The largest absolute Gasteiger partial charge is 0.309 e. The molecule has 2 nitrogen and oxygen atoms in total. The lowest BCUT2D eigenvalue weighted by molar-refractivity contribution is 0.430. The highest BCUT2D eigenvalue weighted by Crippen LogP contribution is 2.20. The third-order valence-corrected chi connectivity index (χ3v) is 3.36. The summed E-state index contributed by atoms with van der Waals surface area (Å²) >= 11 is 0. The molecule has 0 aromatic carbocycles. The standard InChI is InChI=1S/C14H22N2/c1-2-4-7-11-15-13(9-5-3-1)14-10-6-8-12-16-14/h6,8,10,12-13,15H,1-5,7,9,11H2. The normalized spacial score (nSPS) is 23.9. The van der Waals surface area contributed by atoms with E-state index in [0.29, 0.717) is 6.04 Å². The van der Waals surface area contributed by atoms with Crippen LogP contribution >= 0.6 is 0 Å². The number of nitrogens with zero attached hydrogens (tertiary/aromatic N) is 1. The second-order valence-electron chi connectivity index (χ2n) is 4.67. The van der Waals surface area contributed by atoms with Crippen LogP contribution in [0.15, 0.2) is 24.4 Å². The minimum Gasteiger partial charge on any atom is -0.309 e. The maximum absolute atomic E-state index is 4.47. The van der Waals surface area contributed by atoms with Crippen LogP contribution in [-0.2, 0) is 0 Å². The molecule has 0 aliphatic carbocycles. The van der Waals surface area contributed by atoms with Crippen molar-refractivity contribution in [2.75, 3.05) is 6.54 Å². The molecule has 1 saturated heterocycles. The molecule has 2 heterocycles. The molecule has 16 heavy (non-hydrogen) atoms. The van der Waals surface area contributed by atoms with Crippen molar-refractivity contribution < 1.29 is 0 Å². The summed E-state index contributed by atoms with van der Waals surface area (Å²) in [5.74, 6) is 0. The first-order valence-electron chi connectivity index (χ1n) is 6.61. The first-order chi connectivity index (χ1) is 7.97. The zero-order chi connectivity index (χ0) is 11.1. The van der Waals surface area contributed by atoms with Gasteiger partial charge in [0.1, 0.15) is 0 Å². The van der Waals surface area contributed by atoms with E-state index >= 15 is 0 Å². The SMILES string of the molecule is c1ccc(C2CCCCCCCCN2)nc1. The van der Waals surface area contributed by atoms with Crippen LogP contribution in [0.5, 0.6) is 0 Å². The van der Waals surface area contributed by atoms with Gasteiger partial charge in [0.05, 0.1) is 5.69 Å². The van der Waals surface area contributed by atoms with Crippen LogP contribution in [0.4, 0.5) is 0 Å². The maximum Gasteiger partial charge on any atom is 0.0573 e. The van der Waals surface area contributed by atoms with Gasteiger partial charge in [-0.05, 0) is 31.5 Å². The lowest BCUT2D eigenvalue weighted by atomic mass is 10.0. The van der Waals surface area contributed by atoms with E-state index in [4.69, 9.17) is 0 Å². The molecule has 1 unspecified atom stereocenters. The fraction of sp³-hybridized carbons (Fsp3) is 0.643. The molecule has 1 aromatic heterocycles. The van der Waals surface area contributed by atoms with Crippen molar-refractivity contribution in [3.05, 3.63) is 30.1 Å². The average Bonchev–Trinajstić information content (AvgIpc) is 2.37. The lowest BCUT2D eigenvalue weighted by Crippen LogP contribution is -2.23. The van der Waals surface area contributed by atoms with Crippen molar-refractivity contribution >= 4 is 0 Å². The molecule has 1 fully saturated rings. The Labute approximate surface area is 98.5 Å². The highest BCUT2D eigenvalue weighted by atomic mass is 14.9. The number of aromatic nitrogens is 1. The first kappa shape index (κ1) is 11.6. The number of pyridine rings is 1. The summed E-state index contributed by atoms with van der Waals surface area (Å²) < 4.78 is 0. The van der Waals surface area contributed by atoms with Gasteiger partial charge >= 0.3 is 0 Å². The Hall–Kier alpha value is -0.890. The van der Waals surface area contributed by atoms with Gasteiger partial charge in [0, 0.05) is 12.2 Å². The zero-order valence-electron chi connectivity index (χ0n) is 9.99. The van der Waals surface area contributed by atoms with Gasteiger partial charge in [-0.1, -0.05) is 38.2 Å². The average molecular weight is 218 g/mol. The Morgan fingerprint density at radius 2 is 1.81 bits per heavy atom. The Morgan fingerprint density at radius 1 is 1.00 bits per heavy atom. The number of hydrogen-bond acceptors (Lipinski definition) is 2. The Kier molecular flexibility index (Phi) is 4.81. The highest BCUT2D eigenvalue weighted by molar-refractivity contribution is 5.08. The van der Waals surface area contributed by atoms with E-state index in [1.807, 2.05) is 12.3 Å². The molecule has 1 N–H and O–H groups in total. The van der Waals surface area contributed by atoms with Crippen LogP contribution in [0.2, 0.25) is 0 Å². The second-order valence-corrected chi connectivity index (χ2v) is 4.67. The molecule has 0 spiro atoms. The minimum absolute atomic E-state index is 0.472. The van der Waals surface area contributed by atoms with E-state index in [2.05, 4.69) is 22.4 Å². The molecular formula is C14H22N2. The van der Waals surface area contributed by atoms with Gasteiger partial charge in [0.25, 0.3) is 0 Å². The Morgan fingerprint density at radius 3 is 2.62 bits per heavy atom. The summed E-state index contributed by atoms with van der Waals surface area (Å²) in [5, 5.41) is 3.64. The molecule has 1 aliphatic rings. The van der Waals surface area contributed by atoms with Gasteiger partial charge < -0.3 is 5.32 Å². The van der Waals surface area contributed by atoms with Gasteiger partial charge in [-0.2, -0.15) is 0 Å². The van der Waals surface area contributed by atoms with Gasteiger partial charge in [-0.25, -0.2) is 0 Å². The van der Waals surface area contributed by atoms with Gasteiger partial charge in [-0.3, -0.25) is 4.98 Å². The zero-order valence-corrected chi connectivity index (χ0v) is 9.99. The molecule has 0 radical (unpaired) electrons. The van der Waals surface area contributed by atoms with Crippen molar-refractivity contribution in [3.8, 4) is 0 Å². The summed E-state index contributed by atoms with van der Waals surface area (Å²) in [6, 6.07) is 6.69. The van der Waals surface area contributed by atoms with Gasteiger partial charge in [-0.15, -0.1) is 0 Å². The topological polar surface area (TPSA) is 24.9 Å². The third-order valence-electron chi connectivity index (χ3n) is 3.36. The predicted octanol–water partition coefficient (Wildman–Crippen LogP) is 3.46. The quantitative estimate of drug-likeness (QED) is 0.781. The van der Waals surface area contributed by atoms with E-state index in [9.17, 15) is 0 Å². The van der Waals surface area contributed by atoms with Crippen LogP contribution in [0, 0.1) is 0 Å². The molecule has 0 amide bonds. The summed E-state index contributed by atoms with van der Waals surface area (Å²) in [6.07, 6.45) is 11.3. The number of hydrogen-bond donors (Lipinski definition) is 1. The fourth-order valence-electron chi connectivity index (χ4n) is 2.39. The predicted molar refractivity (Wildman–Crippen MR) is 67.3 cm³/mol. The molecule has 0 bridgehead atoms. The first-order valence-corrected chi connectivity index (χ1v) is 6.61. The van der Waals surface area contributed by atoms with E-state index in [1.54, 1.807) is 0 Å². The molecule has 0 saturated carbocycles. The molecule has 2 rings (SSSR count). The smallest absolute Gasteiger partial charge is 0.0573 e. The Balaban J connectivity index is 1.94. The highest BCUT2D eigenvalue weighted by Gasteiger charge is 2.12. The number of rotatable bonds is 1. The Bertz CT molecular complexity index is 274. The molecule has 1 aromatic rings. The van der Waals surface area contributed by atoms with Gasteiger partial charge in [0.2, 0.25) is 0 Å². The van der Waals surface area contributed by atoms with Crippen LogP contribution < -0.4 is 5.32 Å². The van der Waals surface area contributed by atoms with E-state index in [-0.39, 0.29) is 0 Å². The monoisotopic (exact) mass is 218 g/mol. The van der Waals surface area contributed by atoms with Crippen molar-refractivity contribution in [1.82, 2.24) is 10.3 Å². The molecule has 1 aliphatic heterocycles. The van der Waals surface area contributed by atoms with Gasteiger partial charge in [0.15, 0.2) is 0 Å². The second kappa shape index (κ2) is 6.64. The summed E-state index contributed by atoms with van der Waals surface area (Å²) in [4.78, 5) is 4.47. The van der Waals surface area contributed by atoms with E-state index < -0.39 is 0 Å². The molecule has 88 valence electrons. The summed E-state index contributed by atoms with van der Waals surface area (Å²) in [6.45, 7) is 1.14. The van der Waals surface area contributed by atoms with Crippen molar-refractivity contribution in [2.45, 2.75) is 51.0 Å². The maximum atomic E-state index is 4.47.